The van der Waals surface area contributed by atoms with E-state index in [1.165, 1.54) is 18.2 Å². The molecule has 0 spiro atoms. The van der Waals surface area contributed by atoms with E-state index in [4.69, 9.17) is 11.6 Å². The van der Waals surface area contributed by atoms with Gasteiger partial charge in [-0.05, 0) is 35.7 Å². The predicted octanol–water partition coefficient (Wildman–Crippen LogP) is 2.62. The van der Waals surface area contributed by atoms with E-state index in [1.807, 2.05) is 13.8 Å². The van der Waals surface area contributed by atoms with Crippen LogP contribution in [0.3, 0.4) is 0 Å². The van der Waals surface area contributed by atoms with Crippen LogP contribution >= 0.6 is 11.6 Å². The first-order valence-electron chi connectivity index (χ1n) is 9.29. The number of hydrogen-bond donors (Lipinski definition) is 1. The van der Waals surface area contributed by atoms with Gasteiger partial charge in [0.15, 0.2) is 0 Å². The minimum Gasteiger partial charge on any atom is -0.350 e. The summed E-state index contributed by atoms with van der Waals surface area (Å²) in [6.07, 6.45) is 0. The van der Waals surface area contributed by atoms with Gasteiger partial charge in [-0.2, -0.15) is 9.78 Å². The van der Waals surface area contributed by atoms with E-state index >= 15 is 0 Å². The van der Waals surface area contributed by atoms with Crippen LogP contribution in [0.2, 0.25) is 5.02 Å². The highest BCUT2D eigenvalue weighted by Crippen LogP contribution is 2.12. The second-order valence-corrected chi connectivity index (χ2v) is 7.56. The molecule has 7 nitrogen and oxygen atoms in total. The third-order valence-corrected chi connectivity index (χ3v) is 4.49. The lowest BCUT2D eigenvalue weighted by Crippen LogP contribution is -2.46. The number of nitrogens with zero attached hydrogens (tertiary/aromatic N) is 3. The van der Waals surface area contributed by atoms with E-state index in [2.05, 4.69) is 10.4 Å². The van der Waals surface area contributed by atoms with Crippen LogP contribution in [0.1, 0.15) is 29.9 Å². The lowest BCUT2D eigenvalue weighted by atomic mass is 10.2. The van der Waals surface area contributed by atoms with Crippen LogP contribution in [-0.4, -0.2) is 26.8 Å². The molecule has 0 aliphatic heterocycles. The van der Waals surface area contributed by atoms with E-state index in [0.29, 0.717) is 17.1 Å². The van der Waals surface area contributed by atoms with Gasteiger partial charge in [-0.1, -0.05) is 49.7 Å². The molecule has 1 heterocycles. The number of halogens is 2. The fraction of sp³-hybridized carbons (Fsp3) is 0.238. The molecular formula is C21H20ClFN4O3. The average molecular weight is 431 g/mol. The van der Waals surface area contributed by atoms with Gasteiger partial charge in [0.1, 0.15) is 11.5 Å². The van der Waals surface area contributed by atoms with Gasteiger partial charge in [0.2, 0.25) is 5.69 Å². The van der Waals surface area contributed by atoms with Gasteiger partial charge in [0, 0.05) is 11.6 Å². The van der Waals surface area contributed by atoms with Crippen LogP contribution in [0.25, 0.3) is 5.69 Å². The maximum absolute atomic E-state index is 14.3. The highest BCUT2D eigenvalue weighted by Gasteiger charge is 2.21. The van der Waals surface area contributed by atoms with Gasteiger partial charge in [-0.3, -0.25) is 14.2 Å². The number of carbonyl (C=O) groups is 1. The Morgan fingerprint density at radius 2 is 1.90 bits per heavy atom. The van der Waals surface area contributed by atoms with Crippen LogP contribution in [0.5, 0.6) is 0 Å². The topological polar surface area (TPSA) is 86.0 Å². The predicted molar refractivity (Wildman–Crippen MR) is 112 cm³/mol. The van der Waals surface area contributed by atoms with Crippen molar-refractivity contribution < 1.29 is 9.18 Å². The van der Waals surface area contributed by atoms with E-state index in [-0.39, 0.29) is 18.2 Å². The fourth-order valence-corrected chi connectivity index (χ4v) is 2.99. The summed E-state index contributed by atoms with van der Waals surface area (Å²) in [7, 11) is 0. The monoisotopic (exact) mass is 430 g/mol. The standard InChI is InChI=1S/C21H20ClFN4O3/c1-13(2)11-24-19(28)18-20(29)26(12-14-6-5-7-15(22)10-14)21(30)27(25-18)17-9-4-3-8-16(17)23/h3-10,13H,11-12H2,1-2H3,(H,24,28). The minimum atomic E-state index is -0.870. The van der Waals surface area contributed by atoms with Gasteiger partial charge >= 0.3 is 5.69 Å². The SMILES string of the molecule is CC(C)CNC(=O)c1nn(-c2ccccc2F)c(=O)n(Cc2cccc(Cl)c2)c1=O. The molecule has 3 rings (SSSR count). The Labute approximate surface area is 176 Å². The fourth-order valence-electron chi connectivity index (χ4n) is 2.78. The summed E-state index contributed by atoms with van der Waals surface area (Å²) in [6, 6.07) is 12.1. The average Bonchev–Trinajstić information content (AvgIpc) is 2.70. The Balaban J connectivity index is 2.19. The van der Waals surface area contributed by atoms with Gasteiger partial charge in [-0.25, -0.2) is 9.18 Å². The summed E-state index contributed by atoms with van der Waals surface area (Å²) >= 11 is 5.99. The molecule has 0 saturated carbocycles. The Bertz CT molecular complexity index is 1200. The quantitative estimate of drug-likeness (QED) is 0.651. The summed E-state index contributed by atoms with van der Waals surface area (Å²) < 4.78 is 15.9. The van der Waals surface area contributed by atoms with Gasteiger partial charge < -0.3 is 5.32 Å². The van der Waals surface area contributed by atoms with Crippen molar-refractivity contribution in [1.29, 1.82) is 0 Å². The highest BCUT2D eigenvalue weighted by molar-refractivity contribution is 6.30. The summed E-state index contributed by atoms with van der Waals surface area (Å²) in [5, 5.41) is 6.93. The normalized spacial score (nSPS) is 11.0. The zero-order valence-corrected chi connectivity index (χ0v) is 17.2. The van der Waals surface area contributed by atoms with E-state index in [0.717, 1.165) is 15.3 Å². The van der Waals surface area contributed by atoms with Crippen LogP contribution < -0.4 is 16.6 Å². The molecule has 0 aliphatic carbocycles. The van der Waals surface area contributed by atoms with Gasteiger partial charge in [0.25, 0.3) is 11.5 Å². The molecule has 0 aliphatic rings. The van der Waals surface area contributed by atoms with E-state index < -0.39 is 28.7 Å². The van der Waals surface area contributed by atoms with Crippen molar-refractivity contribution in [3.63, 3.8) is 0 Å². The first-order valence-corrected chi connectivity index (χ1v) is 9.67. The summed E-state index contributed by atoms with van der Waals surface area (Å²) in [6.45, 7) is 3.95. The smallest absolute Gasteiger partial charge is 0.350 e. The molecule has 0 fully saturated rings. The Kier molecular flexibility index (Phi) is 6.47. The molecule has 1 N–H and O–H groups in total. The van der Waals surface area contributed by atoms with Crippen molar-refractivity contribution in [1.82, 2.24) is 19.7 Å². The first kappa shape index (κ1) is 21.4. The molecule has 0 unspecified atom stereocenters. The number of carbonyl (C=O) groups excluding carboxylic acids is 1. The molecule has 0 bridgehead atoms. The Hall–Kier alpha value is -3.26. The molecule has 30 heavy (non-hydrogen) atoms. The second-order valence-electron chi connectivity index (χ2n) is 7.12. The number of aromatic nitrogens is 3. The van der Waals surface area contributed by atoms with Crippen molar-refractivity contribution in [3.05, 3.63) is 91.5 Å². The van der Waals surface area contributed by atoms with Gasteiger partial charge in [0.05, 0.1) is 6.54 Å². The zero-order chi connectivity index (χ0) is 21.8. The number of para-hydroxylation sites is 1. The third-order valence-electron chi connectivity index (χ3n) is 4.26. The van der Waals surface area contributed by atoms with Crippen molar-refractivity contribution in [2.75, 3.05) is 6.54 Å². The van der Waals surface area contributed by atoms with Crippen molar-refractivity contribution in [3.8, 4) is 5.69 Å². The number of hydrogen-bond acceptors (Lipinski definition) is 4. The molecule has 9 heteroatoms. The summed E-state index contributed by atoms with van der Waals surface area (Å²) in [5.74, 6) is -1.31. The molecule has 2 aromatic carbocycles. The molecule has 3 aromatic rings. The molecular weight excluding hydrogens is 411 g/mol. The van der Waals surface area contributed by atoms with Crippen LogP contribution in [0.4, 0.5) is 4.39 Å². The van der Waals surface area contributed by atoms with Gasteiger partial charge in [-0.15, -0.1) is 0 Å². The Morgan fingerprint density at radius 1 is 1.17 bits per heavy atom. The minimum absolute atomic E-state index is 0.139. The summed E-state index contributed by atoms with van der Waals surface area (Å²) in [4.78, 5) is 38.5. The van der Waals surface area contributed by atoms with E-state index in [9.17, 15) is 18.8 Å². The molecule has 156 valence electrons. The lowest BCUT2D eigenvalue weighted by Gasteiger charge is -2.13. The molecule has 0 saturated heterocycles. The maximum Gasteiger partial charge on any atom is 0.352 e. The summed E-state index contributed by atoms with van der Waals surface area (Å²) in [5.41, 5.74) is -1.83. The molecule has 0 radical (unpaired) electrons. The third kappa shape index (κ3) is 4.65. The Morgan fingerprint density at radius 3 is 2.57 bits per heavy atom. The number of amides is 1. The highest BCUT2D eigenvalue weighted by atomic mass is 35.5. The first-order chi connectivity index (χ1) is 14.3. The van der Waals surface area contributed by atoms with Crippen molar-refractivity contribution in [2.24, 2.45) is 5.92 Å². The van der Waals surface area contributed by atoms with Crippen molar-refractivity contribution >= 4 is 17.5 Å². The maximum atomic E-state index is 14.3. The van der Waals surface area contributed by atoms with E-state index in [1.54, 1.807) is 24.3 Å². The molecule has 1 amide bonds. The second kappa shape index (κ2) is 9.04. The molecule has 0 atom stereocenters. The zero-order valence-electron chi connectivity index (χ0n) is 16.4. The van der Waals surface area contributed by atoms with Crippen LogP contribution in [-0.2, 0) is 6.54 Å². The number of benzene rings is 2. The largest absolute Gasteiger partial charge is 0.352 e. The molecule has 1 aromatic heterocycles. The van der Waals surface area contributed by atoms with Crippen molar-refractivity contribution in [2.45, 2.75) is 20.4 Å². The lowest BCUT2D eigenvalue weighted by molar-refractivity contribution is 0.0939. The number of nitrogens with one attached hydrogen (secondary N) is 1. The number of rotatable bonds is 6. The van der Waals surface area contributed by atoms with Crippen LogP contribution in [0.15, 0.2) is 58.1 Å². The van der Waals surface area contributed by atoms with Crippen LogP contribution in [0, 0.1) is 11.7 Å².